The zero-order valence-corrected chi connectivity index (χ0v) is 10.3. The molecule has 6 nitrogen and oxygen atoms in total. The smallest absolute Gasteiger partial charge is 0.263 e. The van der Waals surface area contributed by atoms with Gasteiger partial charge in [0.15, 0.2) is 5.82 Å². The van der Waals surface area contributed by atoms with Gasteiger partial charge in [0.1, 0.15) is 5.82 Å². The van der Waals surface area contributed by atoms with E-state index in [-0.39, 0.29) is 16.4 Å². The van der Waals surface area contributed by atoms with Crippen LogP contribution in [0.2, 0.25) is 0 Å². The first kappa shape index (κ1) is 12.4. The molecule has 0 spiro atoms. The molecule has 0 bridgehead atoms. The largest absolute Gasteiger partial charge is 0.399 e. The summed E-state index contributed by atoms with van der Waals surface area (Å²) in [6, 6.07) is 4.59. The average Bonchev–Trinajstić information content (AvgIpc) is 2.61. The first-order valence-corrected chi connectivity index (χ1v) is 6.44. The second-order valence-electron chi connectivity index (χ2n) is 3.70. The Balaban J connectivity index is 2.36. The van der Waals surface area contributed by atoms with Gasteiger partial charge < -0.3 is 5.73 Å². The van der Waals surface area contributed by atoms with Gasteiger partial charge in [-0.2, -0.15) is 5.10 Å². The molecule has 96 valence electrons. The maximum absolute atomic E-state index is 13.1. The third kappa shape index (κ3) is 2.59. The third-order valence-corrected chi connectivity index (χ3v) is 3.49. The molecule has 2 rings (SSSR count). The molecular formula is C10H11FN4O2S. The normalized spacial score (nSPS) is 11.4. The molecule has 0 radical (unpaired) electrons. The SMILES string of the molecule is Cn1ccc(NS(=O)(=O)c2cc(N)cc(F)c2)n1. The van der Waals surface area contributed by atoms with Crippen LogP contribution in [0.15, 0.2) is 35.4 Å². The van der Waals surface area contributed by atoms with E-state index in [1.165, 1.54) is 16.8 Å². The molecule has 0 fully saturated rings. The number of halogens is 1. The summed E-state index contributed by atoms with van der Waals surface area (Å²) in [6.07, 6.45) is 1.58. The van der Waals surface area contributed by atoms with Crippen LogP contribution in [-0.4, -0.2) is 18.2 Å². The third-order valence-electron chi connectivity index (χ3n) is 2.16. The lowest BCUT2D eigenvalue weighted by molar-refractivity contribution is 0.595. The van der Waals surface area contributed by atoms with Crippen molar-refractivity contribution < 1.29 is 12.8 Å². The Morgan fingerprint density at radius 3 is 2.67 bits per heavy atom. The minimum absolute atomic E-state index is 0.0383. The molecule has 18 heavy (non-hydrogen) atoms. The maximum atomic E-state index is 13.1. The first-order valence-electron chi connectivity index (χ1n) is 4.95. The standard InChI is InChI=1S/C10H11FN4O2S/c1-15-3-2-10(13-15)14-18(16,17)9-5-7(11)4-8(12)6-9/h2-6H,12H2,1H3,(H,13,14). The van der Waals surface area contributed by atoms with E-state index >= 15 is 0 Å². The Labute approximate surface area is 103 Å². The van der Waals surface area contributed by atoms with E-state index in [1.54, 1.807) is 13.2 Å². The number of aromatic nitrogens is 2. The van der Waals surface area contributed by atoms with E-state index in [1.807, 2.05) is 0 Å². The van der Waals surface area contributed by atoms with Crippen molar-refractivity contribution in [2.75, 3.05) is 10.5 Å². The number of benzene rings is 1. The fourth-order valence-corrected chi connectivity index (χ4v) is 2.47. The van der Waals surface area contributed by atoms with Crippen molar-refractivity contribution in [2.24, 2.45) is 7.05 Å². The Morgan fingerprint density at radius 2 is 2.11 bits per heavy atom. The lowest BCUT2D eigenvalue weighted by Crippen LogP contribution is -2.14. The molecule has 1 heterocycles. The average molecular weight is 270 g/mol. The second-order valence-corrected chi connectivity index (χ2v) is 5.38. The summed E-state index contributed by atoms with van der Waals surface area (Å²) in [5.74, 6) is -0.559. The predicted octanol–water partition coefficient (Wildman–Crippen LogP) is 0.942. The topological polar surface area (TPSA) is 90.0 Å². The molecule has 0 aliphatic carbocycles. The fraction of sp³-hybridized carbons (Fsp3) is 0.100. The van der Waals surface area contributed by atoms with E-state index in [9.17, 15) is 12.8 Å². The monoisotopic (exact) mass is 270 g/mol. The van der Waals surface area contributed by atoms with Gasteiger partial charge in [0.2, 0.25) is 0 Å². The summed E-state index contributed by atoms with van der Waals surface area (Å²) in [5, 5.41) is 3.87. The minimum atomic E-state index is -3.89. The lowest BCUT2D eigenvalue weighted by atomic mass is 10.3. The van der Waals surface area contributed by atoms with Crippen molar-refractivity contribution >= 4 is 21.5 Å². The molecule has 2 aromatic rings. The van der Waals surface area contributed by atoms with Crippen LogP contribution in [0, 0.1) is 5.82 Å². The van der Waals surface area contributed by atoms with E-state index in [0.29, 0.717) is 0 Å². The van der Waals surface area contributed by atoms with E-state index in [4.69, 9.17) is 5.73 Å². The molecule has 0 unspecified atom stereocenters. The molecule has 0 saturated carbocycles. The zero-order chi connectivity index (χ0) is 13.3. The van der Waals surface area contributed by atoms with E-state index in [2.05, 4.69) is 9.82 Å². The molecule has 0 saturated heterocycles. The number of aryl methyl sites for hydroxylation is 1. The minimum Gasteiger partial charge on any atom is -0.399 e. The van der Waals surface area contributed by atoms with Gasteiger partial charge in [-0.15, -0.1) is 0 Å². The number of hydrogen-bond donors (Lipinski definition) is 2. The summed E-state index contributed by atoms with van der Waals surface area (Å²) >= 11 is 0. The van der Waals surface area contributed by atoms with Gasteiger partial charge >= 0.3 is 0 Å². The molecule has 1 aromatic carbocycles. The second kappa shape index (κ2) is 4.30. The Morgan fingerprint density at radius 1 is 1.39 bits per heavy atom. The van der Waals surface area contributed by atoms with Crippen molar-refractivity contribution in [3.05, 3.63) is 36.3 Å². The van der Waals surface area contributed by atoms with Gasteiger partial charge in [-0.05, 0) is 18.2 Å². The molecular weight excluding hydrogens is 259 g/mol. The van der Waals surface area contributed by atoms with Gasteiger partial charge in [0.25, 0.3) is 10.0 Å². The van der Waals surface area contributed by atoms with Gasteiger partial charge in [-0.25, -0.2) is 12.8 Å². The van der Waals surface area contributed by atoms with Crippen LogP contribution in [0.1, 0.15) is 0 Å². The van der Waals surface area contributed by atoms with Crippen molar-refractivity contribution in [3.8, 4) is 0 Å². The number of nitrogens with zero attached hydrogens (tertiary/aromatic N) is 2. The molecule has 0 atom stereocenters. The molecule has 8 heteroatoms. The van der Waals surface area contributed by atoms with Gasteiger partial charge in [0, 0.05) is 25.0 Å². The predicted molar refractivity (Wildman–Crippen MR) is 64.8 cm³/mol. The van der Waals surface area contributed by atoms with Gasteiger partial charge in [-0.1, -0.05) is 0 Å². The van der Waals surface area contributed by atoms with E-state index in [0.717, 1.165) is 12.1 Å². The molecule has 3 N–H and O–H groups in total. The molecule has 1 aromatic heterocycles. The Hall–Kier alpha value is -2.09. The van der Waals surface area contributed by atoms with Crippen molar-refractivity contribution in [3.63, 3.8) is 0 Å². The number of sulfonamides is 1. The summed E-state index contributed by atoms with van der Waals surface area (Å²) in [7, 11) is -2.24. The Kier molecular flexibility index (Phi) is 2.95. The summed E-state index contributed by atoms with van der Waals surface area (Å²) in [6.45, 7) is 0. The number of anilines is 2. The highest BCUT2D eigenvalue weighted by atomic mass is 32.2. The van der Waals surface area contributed by atoms with Crippen LogP contribution in [0.3, 0.4) is 0 Å². The van der Waals surface area contributed by atoms with Crippen LogP contribution in [0.25, 0.3) is 0 Å². The van der Waals surface area contributed by atoms with Crippen LogP contribution in [0.5, 0.6) is 0 Å². The number of nitrogen functional groups attached to an aromatic ring is 1. The van der Waals surface area contributed by atoms with Crippen LogP contribution in [-0.2, 0) is 17.1 Å². The summed E-state index contributed by atoms with van der Waals surface area (Å²) < 4.78 is 40.6. The number of hydrogen-bond acceptors (Lipinski definition) is 4. The zero-order valence-electron chi connectivity index (χ0n) is 9.46. The van der Waals surface area contributed by atoms with Gasteiger partial charge in [0.05, 0.1) is 4.90 Å². The van der Waals surface area contributed by atoms with Crippen molar-refractivity contribution in [2.45, 2.75) is 4.90 Å². The fourth-order valence-electron chi connectivity index (χ4n) is 1.41. The van der Waals surface area contributed by atoms with Crippen LogP contribution < -0.4 is 10.5 Å². The highest BCUT2D eigenvalue weighted by molar-refractivity contribution is 7.92. The van der Waals surface area contributed by atoms with Gasteiger partial charge in [-0.3, -0.25) is 9.40 Å². The van der Waals surface area contributed by atoms with Crippen molar-refractivity contribution in [1.82, 2.24) is 9.78 Å². The van der Waals surface area contributed by atoms with Crippen molar-refractivity contribution in [1.29, 1.82) is 0 Å². The lowest BCUT2D eigenvalue weighted by Gasteiger charge is -2.06. The number of nitrogens with one attached hydrogen (secondary N) is 1. The number of rotatable bonds is 3. The number of nitrogens with two attached hydrogens (primary N) is 1. The highest BCUT2D eigenvalue weighted by Gasteiger charge is 2.17. The quantitative estimate of drug-likeness (QED) is 0.812. The van der Waals surface area contributed by atoms with Crippen LogP contribution >= 0.6 is 0 Å². The summed E-state index contributed by atoms with van der Waals surface area (Å²) in [4.78, 5) is -0.245. The van der Waals surface area contributed by atoms with Crippen LogP contribution in [0.4, 0.5) is 15.9 Å². The molecule has 0 amide bonds. The Bertz CT molecular complexity index is 661. The molecule has 0 aliphatic heterocycles. The van der Waals surface area contributed by atoms with E-state index < -0.39 is 15.8 Å². The highest BCUT2D eigenvalue weighted by Crippen LogP contribution is 2.18. The summed E-state index contributed by atoms with van der Waals surface area (Å²) in [5.41, 5.74) is 5.44. The maximum Gasteiger partial charge on any atom is 0.263 e. The first-order chi connectivity index (χ1) is 8.37. The molecule has 0 aliphatic rings.